The maximum Gasteiger partial charge on any atom is 0.329 e. The predicted octanol–water partition coefficient (Wildman–Crippen LogP) is 2.23. The van der Waals surface area contributed by atoms with Crippen molar-refractivity contribution in [1.29, 1.82) is 0 Å². The van der Waals surface area contributed by atoms with Crippen LogP contribution in [0, 0.1) is 3.57 Å². The quantitative estimate of drug-likeness (QED) is 0.173. The van der Waals surface area contributed by atoms with Crippen LogP contribution in [-0.4, -0.2) is 57.6 Å². The minimum Gasteiger partial charge on any atom is -0.504 e. The number of rotatable bonds is 10. The number of carbonyl (C=O) groups is 2. The van der Waals surface area contributed by atoms with Crippen molar-refractivity contribution in [3.63, 3.8) is 0 Å². The second-order valence-electron chi connectivity index (χ2n) is 6.52. The first kappa shape index (κ1) is 26.0. The van der Waals surface area contributed by atoms with Gasteiger partial charge in [0.25, 0.3) is 0 Å². The molecule has 2 rings (SSSR count). The first-order valence-electron chi connectivity index (χ1n) is 9.89. The van der Waals surface area contributed by atoms with Gasteiger partial charge < -0.3 is 29.4 Å². The average Bonchev–Trinajstić information content (AvgIpc) is 2.81. The Morgan fingerprint density at radius 3 is 2.27 bits per heavy atom. The lowest BCUT2D eigenvalue weighted by Crippen LogP contribution is -2.38. The topological polar surface area (TPSA) is 128 Å². The van der Waals surface area contributed by atoms with Gasteiger partial charge in [-0.3, -0.25) is 9.59 Å². The summed E-state index contributed by atoms with van der Waals surface area (Å²) in [5, 5.41) is 16.3. The first-order valence-corrected chi connectivity index (χ1v) is 11.0. The highest BCUT2D eigenvalue weighted by molar-refractivity contribution is 14.1. The van der Waals surface area contributed by atoms with Crippen LogP contribution in [0.4, 0.5) is 0 Å². The molecular weight excluding hydrogens is 545 g/mol. The third kappa shape index (κ3) is 7.14. The lowest BCUT2D eigenvalue weighted by Gasteiger charge is -2.14. The standard InChI is InChI=1S/C22H26IN3O7/c1-5-33-16-11-14(8-15(23)19(16)27)12-25-26-22(29)21(28)24-7-6-13-9-17(30-2)20(32-4)18(10-13)31-3/h8-12,27H,5-7H2,1-4H3,(H,24,28)(H,26,29)/b25-12-. The van der Waals surface area contributed by atoms with Crippen molar-refractivity contribution in [2.24, 2.45) is 5.10 Å². The zero-order valence-corrected chi connectivity index (χ0v) is 20.9. The van der Waals surface area contributed by atoms with E-state index in [0.29, 0.717) is 45.2 Å². The van der Waals surface area contributed by atoms with Crippen LogP contribution in [0.5, 0.6) is 28.7 Å². The predicted molar refractivity (Wildman–Crippen MR) is 131 cm³/mol. The van der Waals surface area contributed by atoms with Gasteiger partial charge in [-0.2, -0.15) is 5.10 Å². The third-order valence-corrected chi connectivity index (χ3v) is 5.18. The number of amides is 2. The Morgan fingerprint density at radius 1 is 1.03 bits per heavy atom. The number of nitrogens with zero attached hydrogens (tertiary/aromatic N) is 1. The number of benzene rings is 2. The largest absolute Gasteiger partial charge is 0.504 e. The van der Waals surface area contributed by atoms with Gasteiger partial charge in [0.15, 0.2) is 23.0 Å². The van der Waals surface area contributed by atoms with E-state index in [-0.39, 0.29) is 12.3 Å². The van der Waals surface area contributed by atoms with E-state index in [4.69, 9.17) is 18.9 Å². The normalized spacial score (nSPS) is 10.6. The molecule has 0 aliphatic carbocycles. The number of aromatic hydroxyl groups is 1. The number of phenolic OH excluding ortho intramolecular Hbond substituents is 1. The minimum atomic E-state index is -0.908. The Morgan fingerprint density at radius 2 is 1.70 bits per heavy atom. The Bertz CT molecular complexity index is 1000. The highest BCUT2D eigenvalue weighted by Crippen LogP contribution is 2.38. The maximum absolute atomic E-state index is 12.0. The Balaban J connectivity index is 1.91. The molecule has 3 N–H and O–H groups in total. The van der Waals surface area contributed by atoms with E-state index in [2.05, 4.69) is 15.8 Å². The first-order chi connectivity index (χ1) is 15.8. The lowest BCUT2D eigenvalue weighted by atomic mass is 10.1. The monoisotopic (exact) mass is 571 g/mol. The van der Waals surface area contributed by atoms with Gasteiger partial charge in [-0.1, -0.05) is 0 Å². The van der Waals surface area contributed by atoms with Crippen LogP contribution in [0.25, 0.3) is 0 Å². The summed E-state index contributed by atoms with van der Waals surface area (Å²) in [7, 11) is 4.55. The average molecular weight is 571 g/mol. The summed E-state index contributed by atoms with van der Waals surface area (Å²) in [5.41, 5.74) is 3.59. The van der Waals surface area contributed by atoms with E-state index < -0.39 is 11.8 Å². The Kier molecular flexibility index (Phi) is 10.0. The number of phenols is 1. The van der Waals surface area contributed by atoms with Gasteiger partial charge in [-0.05, 0) is 71.3 Å². The molecule has 2 aromatic rings. The van der Waals surface area contributed by atoms with E-state index in [1.54, 1.807) is 31.2 Å². The summed E-state index contributed by atoms with van der Waals surface area (Å²) < 4.78 is 21.8. The number of ether oxygens (including phenoxy) is 4. The summed E-state index contributed by atoms with van der Waals surface area (Å²) in [4.78, 5) is 24.0. The molecule has 0 aromatic heterocycles. The number of hydrogen-bond acceptors (Lipinski definition) is 8. The zero-order valence-electron chi connectivity index (χ0n) is 18.7. The number of hydrazone groups is 1. The van der Waals surface area contributed by atoms with Gasteiger partial charge in [0.2, 0.25) is 5.75 Å². The van der Waals surface area contributed by atoms with Crippen LogP contribution in [0.15, 0.2) is 29.4 Å². The molecule has 11 heteroatoms. The molecule has 0 saturated heterocycles. The van der Waals surface area contributed by atoms with Gasteiger partial charge >= 0.3 is 11.8 Å². The van der Waals surface area contributed by atoms with Crippen molar-refractivity contribution in [1.82, 2.24) is 10.7 Å². The molecular formula is C22H26IN3O7. The number of nitrogens with one attached hydrogen (secondary N) is 2. The fourth-order valence-corrected chi connectivity index (χ4v) is 3.46. The van der Waals surface area contributed by atoms with Crippen molar-refractivity contribution >= 4 is 40.6 Å². The number of hydrogen-bond donors (Lipinski definition) is 3. The number of methoxy groups -OCH3 is 3. The highest BCUT2D eigenvalue weighted by Gasteiger charge is 2.15. The summed E-state index contributed by atoms with van der Waals surface area (Å²) in [5.74, 6) is 0.0846. The van der Waals surface area contributed by atoms with E-state index in [9.17, 15) is 14.7 Å². The molecule has 2 amide bonds. The van der Waals surface area contributed by atoms with Crippen LogP contribution >= 0.6 is 22.6 Å². The number of halogens is 1. The molecule has 10 nitrogen and oxygen atoms in total. The van der Waals surface area contributed by atoms with Crippen LogP contribution in [0.1, 0.15) is 18.1 Å². The number of carbonyl (C=O) groups excluding carboxylic acids is 2. The van der Waals surface area contributed by atoms with Crippen molar-refractivity contribution in [3.05, 3.63) is 39.0 Å². The van der Waals surface area contributed by atoms with Gasteiger partial charge in [-0.15, -0.1) is 0 Å². The van der Waals surface area contributed by atoms with Gasteiger partial charge in [0.1, 0.15) is 0 Å². The molecule has 0 unspecified atom stereocenters. The van der Waals surface area contributed by atoms with Crippen LogP contribution in [-0.2, 0) is 16.0 Å². The Hall–Kier alpha value is -3.22. The molecule has 0 atom stereocenters. The second-order valence-corrected chi connectivity index (χ2v) is 7.68. The van der Waals surface area contributed by atoms with E-state index in [0.717, 1.165) is 5.56 Å². The third-order valence-electron chi connectivity index (χ3n) is 4.36. The van der Waals surface area contributed by atoms with E-state index in [1.165, 1.54) is 27.5 Å². The molecule has 2 aromatic carbocycles. The fourth-order valence-electron chi connectivity index (χ4n) is 2.83. The van der Waals surface area contributed by atoms with Crippen LogP contribution in [0.3, 0.4) is 0 Å². The van der Waals surface area contributed by atoms with Crippen LogP contribution in [0.2, 0.25) is 0 Å². The molecule has 0 radical (unpaired) electrons. The summed E-state index contributed by atoms with van der Waals surface area (Å²) in [6, 6.07) is 6.78. The molecule has 0 saturated carbocycles. The van der Waals surface area contributed by atoms with Crippen molar-refractivity contribution in [2.75, 3.05) is 34.5 Å². The van der Waals surface area contributed by atoms with Gasteiger partial charge in [0, 0.05) is 6.54 Å². The van der Waals surface area contributed by atoms with Crippen LogP contribution < -0.4 is 29.7 Å². The van der Waals surface area contributed by atoms with E-state index >= 15 is 0 Å². The molecule has 33 heavy (non-hydrogen) atoms. The minimum absolute atomic E-state index is 0.0325. The molecule has 0 aliphatic heterocycles. The molecule has 0 aliphatic rings. The fraction of sp³-hybridized carbons (Fsp3) is 0.318. The van der Waals surface area contributed by atoms with E-state index in [1.807, 2.05) is 22.6 Å². The van der Waals surface area contributed by atoms with Gasteiger partial charge in [-0.25, -0.2) is 5.43 Å². The highest BCUT2D eigenvalue weighted by atomic mass is 127. The summed E-state index contributed by atoms with van der Waals surface area (Å²) in [6.45, 7) is 2.40. The van der Waals surface area contributed by atoms with Crippen molar-refractivity contribution < 1.29 is 33.6 Å². The molecule has 0 heterocycles. The molecule has 0 bridgehead atoms. The Labute approximate surface area is 205 Å². The molecule has 0 spiro atoms. The molecule has 178 valence electrons. The van der Waals surface area contributed by atoms with Gasteiger partial charge in [0.05, 0.1) is 37.7 Å². The van der Waals surface area contributed by atoms with Crippen molar-refractivity contribution in [2.45, 2.75) is 13.3 Å². The summed E-state index contributed by atoms with van der Waals surface area (Å²) >= 11 is 1.96. The zero-order chi connectivity index (χ0) is 24.4. The smallest absolute Gasteiger partial charge is 0.329 e. The second kappa shape index (κ2) is 12.7. The lowest BCUT2D eigenvalue weighted by molar-refractivity contribution is -0.139. The van der Waals surface area contributed by atoms with Crippen molar-refractivity contribution in [3.8, 4) is 28.7 Å². The summed E-state index contributed by atoms with van der Waals surface area (Å²) in [6.07, 6.45) is 1.79. The SMILES string of the molecule is CCOc1cc(/C=N\NC(=O)C(=O)NCCc2cc(OC)c(OC)c(OC)c2)cc(I)c1O. The molecule has 0 fully saturated rings. The maximum atomic E-state index is 12.0.